The molecule has 198 valence electrons. The molecule has 0 unspecified atom stereocenters. The van der Waals surface area contributed by atoms with Gasteiger partial charge in [-0.3, -0.25) is 4.68 Å². The van der Waals surface area contributed by atoms with Crippen molar-refractivity contribution in [1.29, 1.82) is 0 Å². The summed E-state index contributed by atoms with van der Waals surface area (Å²) in [7, 11) is 1.99. The van der Waals surface area contributed by atoms with Crippen molar-refractivity contribution in [3.8, 4) is 11.3 Å². The molecule has 0 atom stereocenters. The lowest BCUT2D eigenvalue weighted by Gasteiger charge is -2.30. The molecule has 0 radical (unpaired) electrons. The normalized spacial score (nSPS) is 20.2. The van der Waals surface area contributed by atoms with Crippen LogP contribution in [0.4, 0.5) is 10.7 Å². The Bertz CT molecular complexity index is 1020. The Morgan fingerprint density at radius 3 is 2.53 bits per heavy atom. The van der Waals surface area contributed by atoms with Crippen molar-refractivity contribution in [3.63, 3.8) is 0 Å². The van der Waals surface area contributed by atoms with Crippen LogP contribution >= 0.6 is 11.6 Å². The molecule has 0 saturated heterocycles. The predicted octanol–water partition coefficient (Wildman–Crippen LogP) is 4.71. The van der Waals surface area contributed by atoms with Crippen LogP contribution in [0, 0.1) is 5.92 Å². The molecule has 2 aliphatic rings. The van der Waals surface area contributed by atoms with E-state index in [1.165, 1.54) is 18.5 Å². The summed E-state index contributed by atoms with van der Waals surface area (Å²) in [5.74, 6) is 1.38. The van der Waals surface area contributed by atoms with Gasteiger partial charge in [0.2, 0.25) is 5.95 Å². The number of alkyl carbamates (subject to hydrolysis) is 1. The third-order valence-corrected chi connectivity index (χ3v) is 7.03. The maximum atomic E-state index is 11.7. The first kappa shape index (κ1) is 26.7. The quantitative estimate of drug-likeness (QED) is 0.392. The smallest absolute Gasteiger partial charge is 0.407 e. The molecule has 4 rings (SSSR count). The molecule has 0 aliphatic heterocycles. The summed E-state index contributed by atoms with van der Waals surface area (Å²) < 4.78 is 7.20. The molecular formula is C26H40ClN7O2. The zero-order chi connectivity index (χ0) is 25.7. The molecular weight excluding hydrogens is 478 g/mol. The van der Waals surface area contributed by atoms with Crippen LogP contribution in [0.25, 0.3) is 11.3 Å². The molecule has 2 saturated carbocycles. The average Bonchev–Trinajstić information content (AvgIpc) is 3.57. The van der Waals surface area contributed by atoms with Gasteiger partial charge in [-0.2, -0.15) is 5.10 Å². The van der Waals surface area contributed by atoms with Gasteiger partial charge >= 0.3 is 6.09 Å². The summed E-state index contributed by atoms with van der Waals surface area (Å²) >= 11 is 6.51. The zero-order valence-corrected chi connectivity index (χ0v) is 22.7. The predicted molar refractivity (Wildman–Crippen MR) is 142 cm³/mol. The van der Waals surface area contributed by atoms with E-state index in [0.29, 0.717) is 29.6 Å². The van der Waals surface area contributed by atoms with E-state index in [1.54, 1.807) is 6.20 Å². The van der Waals surface area contributed by atoms with E-state index < -0.39 is 5.60 Å². The van der Waals surface area contributed by atoms with E-state index in [4.69, 9.17) is 21.3 Å². The number of rotatable bonds is 10. The van der Waals surface area contributed by atoms with E-state index in [-0.39, 0.29) is 6.09 Å². The van der Waals surface area contributed by atoms with Gasteiger partial charge in [-0.25, -0.2) is 14.8 Å². The zero-order valence-electron chi connectivity index (χ0n) is 21.9. The second-order valence-electron chi connectivity index (χ2n) is 11.1. The van der Waals surface area contributed by atoms with Crippen molar-refractivity contribution >= 4 is 23.6 Å². The standard InChI is InChI=1S/C26H40ClN7O2/c1-26(2,3)36-25(35)29-13-5-12-28-18-8-10-19(11-9-18)32-24-30-16-21(27)23(33-24)20-15-31-34(4)22(20)14-17-6-7-17/h15-19,28H,5-14H2,1-4H3,(H,29,35)(H,30,32,33)/t18-,19-. The molecule has 1 amide bonds. The fourth-order valence-corrected chi connectivity index (χ4v) is 4.84. The number of carbonyl (C=O) groups is 1. The molecule has 2 aromatic heterocycles. The topological polar surface area (TPSA) is 106 Å². The maximum Gasteiger partial charge on any atom is 0.407 e. The molecule has 2 aromatic rings. The highest BCUT2D eigenvalue weighted by Crippen LogP contribution is 2.37. The molecule has 3 N–H and O–H groups in total. The third-order valence-electron chi connectivity index (χ3n) is 6.75. The van der Waals surface area contributed by atoms with E-state index in [0.717, 1.165) is 62.2 Å². The minimum Gasteiger partial charge on any atom is -0.444 e. The first-order valence-electron chi connectivity index (χ1n) is 13.2. The van der Waals surface area contributed by atoms with Crippen molar-refractivity contribution in [1.82, 2.24) is 30.4 Å². The van der Waals surface area contributed by atoms with E-state index >= 15 is 0 Å². The average molecular weight is 518 g/mol. The molecule has 2 heterocycles. The van der Waals surface area contributed by atoms with Crippen LogP contribution < -0.4 is 16.0 Å². The summed E-state index contributed by atoms with van der Waals surface area (Å²) in [4.78, 5) is 21.0. The number of anilines is 1. The van der Waals surface area contributed by atoms with Crippen LogP contribution in [0.1, 0.15) is 71.4 Å². The number of hydrogen-bond acceptors (Lipinski definition) is 7. The van der Waals surface area contributed by atoms with Gasteiger partial charge in [-0.05, 0) is 84.6 Å². The Hall–Kier alpha value is -2.39. The number of ether oxygens (including phenoxy) is 1. The number of hydrogen-bond donors (Lipinski definition) is 3. The van der Waals surface area contributed by atoms with Gasteiger partial charge in [0.05, 0.1) is 23.1 Å². The number of aryl methyl sites for hydroxylation is 1. The lowest BCUT2D eigenvalue weighted by molar-refractivity contribution is 0.0527. The van der Waals surface area contributed by atoms with Crippen LogP contribution in [0.15, 0.2) is 12.4 Å². The molecule has 2 fully saturated rings. The molecule has 9 nitrogen and oxygen atoms in total. The van der Waals surface area contributed by atoms with Crippen molar-refractivity contribution < 1.29 is 9.53 Å². The Labute approximate surface area is 219 Å². The van der Waals surface area contributed by atoms with Gasteiger partial charge in [0.15, 0.2) is 0 Å². The second-order valence-corrected chi connectivity index (χ2v) is 11.5. The first-order chi connectivity index (χ1) is 17.2. The number of halogens is 1. The summed E-state index contributed by atoms with van der Waals surface area (Å²) in [6.07, 6.45) is 11.9. The second kappa shape index (κ2) is 11.8. The first-order valence-corrected chi connectivity index (χ1v) is 13.6. The maximum absolute atomic E-state index is 11.7. The highest BCUT2D eigenvalue weighted by molar-refractivity contribution is 6.32. The SMILES string of the molecule is Cn1ncc(-c2nc(N[C@H]3CC[C@H](NCCCNC(=O)OC(C)(C)C)CC3)ncc2Cl)c1CC1CC1. The van der Waals surface area contributed by atoms with Crippen molar-refractivity contribution in [2.75, 3.05) is 18.4 Å². The fraction of sp³-hybridized carbons (Fsp3) is 0.692. The van der Waals surface area contributed by atoms with Crippen LogP contribution in [0.2, 0.25) is 5.02 Å². The molecule has 0 aromatic carbocycles. The lowest BCUT2D eigenvalue weighted by Crippen LogP contribution is -2.39. The third kappa shape index (κ3) is 7.80. The van der Waals surface area contributed by atoms with Crippen LogP contribution in [-0.2, 0) is 18.2 Å². The van der Waals surface area contributed by atoms with Crippen molar-refractivity contribution in [2.45, 2.75) is 89.8 Å². The van der Waals surface area contributed by atoms with Gasteiger partial charge in [0, 0.05) is 36.9 Å². The summed E-state index contributed by atoms with van der Waals surface area (Å²) in [5, 5.41) is 15.0. The minimum absolute atomic E-state index is 0.339. The van der Waals surface area contributed by atoms with Gasteiger partial charge in [0.25, 0.3) is 0 Å². The van der Waals surface area contributed by atoms with Gasteiger partial charge < -0.3 is 20.7 Å². The number of carbonyl (C=O) groups excluding carboxylic acids is 1. The van der Waals surface area contributed by atoms with E-state index in [9.17, 15) is 4.79 Å². The highest BCUT2D eigenvalue weighted by Gasteiger charge is 2.27. The number of nitrogens with one attached hydrogen (secondary N) is 3. The van der Waals surface area contributed by atoms with E-state index in [2.05, 4.69) is 26.0 Å². The lowest BCUT2D eigenvalue weighted by atomic mass is 9.91. The summed E-state index contributed by atoms with van der Waals surface area (Å²) in [6.45, 7) is 7.07. The van der Waals surface area contributed by atoms with Crippen LogP contribution in [-0.4, -0.2) is 56.6 Å². The number of aromatic nitrogens is 4. The van der Waals surface area contributed by atoms with E-state index in [1.807, 2.05) is 38.7 Å². The Morgan fingerprint density at radius 1 is 1.11 bits per heavy atom. The Kier molecular flexibility index (Phi) is 8.72. The molecule has 2 aliphatic carbocycles. The number of nitrogens with zero attached hydrogens (tertiary/aromatic N) is 4. The molecule has 0 bridgehead atoms. The van der Waals surface area contributed by atoms with Crippen molar-refractivity contribution in [2.24, 2.45) is 13.0 Å². The monoisotopic (exact) mass is 517 g/mol. The Morgan fingerprint density at radius 2 is 1.83 bits per heavy atom. The largest absolute Gasteiger partial charge is 0.444 e. The molecule has 0 spiro atoms. The van der Waals surface area contributed by atoms with Gasteiger partial charge in [0.1, 0.15) is 5.60 Å². The molecule has 36 heavy (non-hydrogen) atoms. The fourth-order valence-electron chi connectivity index (χ4n) is 4.65. The number of amides is 1. The summed E-state index contributed by atoms with van der Waals surface area (Å²) in [6, 6.07) is 0.831. The van der Waals surface area contributed by atoms with Crippen LogP contribution in [0.3, 0.4) is 0 Å². The Balaban J connectivity index is 1.21. The van der Waals surface area contributed by atoms with Gasteiger partial charge in [-0.1, -0.05) is 11.6 Å². The van der Waals surface area contributed by atoms with Gasteiger partial charge in [-0.15, -0.1) is 0 Å². The van der Waals surface area contributed by atoms with Crippen molar-refractivity contribution in [3.05, 3.63) is 23.1 Å². The summed E-state index contributed by atoms with van der Waals surface area (Å²) in [5.41, 5.74) is 2.49. The minimum atomic E-state index is -0.467. The van der Waals surface area contributed by atoms with Crippen LogP contribution in [0.5, 0.6) is 0 Å². The molecule has 10 heteroatoms. The highest BCUT2D eigenvalue weighted by atomic mass is 35.5.